The summed E-state index contributed by atoms with van der Waals surface area (Å²) in [4.78, 5) is 22.5. The maximum atomic E-state index is 12.0. The minimum absolute atomic E-state index is 0.0156. The highest BCUT2D eigenvalue weighted by Crippen LogP contribution is 2.35. The van der Waals surface area contributed by atoms with Crippen LogP contribution in [0.3, 0.4) is 0 Å². The van der Waals surface area contributed by atoms with Gasteiger partial charge in [0.15, 0.2) is 0 Å². The van der Waals surface area contributed by atoms with Crippen molar-refractivity contribution in [1.82, 2.24) is 5.43 Å². The lowest BCUT2D eigenvalue weighted by Crippen LogP contribution is -2.36. The van der Waals surface area contributed by atoms with E-state index in [9.17, 15) is 9.59 Å². The van der Waals surface area contributed by atoms with Crippen molar-refractivity contribution in [3.63, 3.8) is 0 Å². The second-order valence-electron chi connectivity index (χ2n) is 6.35. The molecule has 0 unspecified atom stereocenters. The first-order valence-electron chi connectivity index (χ1n) is 7.57. The van der Waals surface area contributed by atoms with Crippen molar-refractivity contribution in [3.8, 4) is 0 Å². The van der Waals surface area contributed by atoms with E-state index >= 15 is 0 Å². The third kappa shape index (κ3) is 6.14. The van der Waals surface area contributed by atoms with Gasteiger partial charge in [0.1, 0.15) is 6.10 Å². The lowest BCUT2D eigenvalue weighted by atomic mass is 9.75. The zero-order valence-corrected chi connectivity index (χ0v) is 13.4. The fourth-order valence-corrected chi connectivity index (χ4v) is 2.86. The summed E-state index contributed by atoms with van der Waals surface area (Å²) < 4.78 is 5.65. The third-order valence-electron chi connectivity index (χ3n) is 4.00. The van der Waals surface area contributed by atoms with Crippen molar-refractivity contribution in [3.05, 3.63) is 0 Å². The van der Waals surface area contributed by atoms with Crippen molar-refractivity contribution < 1.29 is 14.3 Å². The quantitative estimate of drug-likeness (QED) is 0.463. The Morgan fingerprint density at radius 3 is 2.62 bits per heavy atom. The van der Waals surface area contributed by atoms with Crippen molar-refractivity contribution >= 4 is 17.7 Å². The molecule has 120 valence electrons. The van der Waals surface area contributed by atoms with E-state index in [1.165, 1.54) is 6.42 Å². The zero-order valence-electron chi connectivity index (χ0n) is 13.4. The van der Waals surface area contributed by atoms with Gasteiger partial charge in [-0.2, -0.15) is 5.10 Å². The van der Waals surface area contributed by atoms with Crippen LogP contribution in [0.1, 0.15) is 53.4 Å². The van der Waals surface area contributed by atoms with Crippen LogP contribution in [-0.2, 0) is 9.53 Å². The molecule has 1 aliphatic carbocycles. The van der Waals surface area contributed by atoms with Gasteiger partial charge in [-0.25, -0.2) is 10.2 Å². The van der Waals surface area contributed by atoms with E-state index in [1.807, 2.05) is 0 Å². The van der Waals surface area contributed by atoms with E-state index in [4.69, 9.17) is 10.5 Å². The smallest absolute Gasteiger partial charge is 0.332 e. The van der Waals surface area contributed by atoms with Crippen LogP contribution in [0.4, 0.5) is 4.79 Å². The molecule has 3 atom stereocenters. The molecule has 21 heavy (non-hydrogen) atoms. The molecular weight excluding hydrogens is 270 g/mol. The number of rotatable bonds is 5. The van der Waals surface area contributed by atoms with Crippen LogP contribution < -0.4 is 11.2 Å². The Morgan fingerprint density at radius 1 is 1.38 bits per heavy atom. The molecule has 1 saturated carbocycles. The molecule has 1 fully saturated rings. The number of primary amides is 1. The Morgan fingerprint density at radius 2 is 2.05 bits per heavy atom. The second-order valence-corrected chi connectivity index (χ2v) is 6.35. The molecular formula is C15H27N3O3. The number of hydrogen-bond acceptors (Lipinski definition) is 4. The van der Waals surface area contributed by atoms with E-state index in [-0.39, 0.29) is 18.5 Å². The Hall–Kier alpha value is -1.59. The molecule has 0 spiro atoms. The fourth-order valence-electron chi connectivity index (χ4n) is 2.86. The molecule has 0 bridgehead atoms. The van der Waals surface area contributed by atoms with E-state index in [0.717, 1.165) is 12.8 Å². The highest BCUT2D eigenvalue weighted by Gasteiger charge is 2.33. The number of carbonyl (C=O) groups is 2. The Bertz CT molecular complexity index is 407. The number of nitrogens with two attached hydrogens (primary N) is 1. The number of amides is 2. The fraction of sp³-hybridized carbons (Fsp3) is 0.800. The lowest BCUT2D eigenvalue weighted by molar-refractivity contribution is -0.154. The number of ether oxygens (including phenoxy) is 1. The summed E-state index contributed by atoms with van der Waals surface area (Å²) in [6, 6.07) is -0.747. The number of carbonyl (C=O) groups excluding carboxylic acids is 2. The number of urea groups is 1. The maximum absolute atomic E-state index is 12.0. The van der Waals surface area contributed by atoms with Crippen molar-refractivity contribution in [2.24, 2.45) is 28.6 Å². The van der Waals surface area contributed by atoms with Gasteiger partial charge in [-0.3, -0.25) is 4.79 Å². The van der Waals surface area contributed by atoms with Crippen LogP contribution in [0, 0.1) is 17.8 Å². The molecule has 6 nitrogen and oxygen atoms in total. The van der Waals surface area contributed by atoms with Crippen molar-refractivity contribution in [2.45, 2.75) is 59.5 Å². The van der Waals surface area contributed by atoms with Gasteiger partial charge in [-0.15, -0.1) is 0 Å². The highest BCUT2D eigenvalue weighted by atomic mass is 16.5. The molecule has 3 N–H and O–H groups in total. The molecule has 0 heterocycles. The van der Waals surface area contributed by atoms with Gasteiger partial charge >= 0.3 is 12.0 Å². The number of nitrogens with zero attached hydrogens (tertiary/aromatic N) is 1. The van der Waals surface area contributed by atoms with Gasteiger partial charge < -0.3 is 10.5 Å². The molecule has 0 aromatic rings. The first kappa shape index (κ1) is 17.5. The molecule has 0 aromatic heterocycles. The Kier molecular flexibility index (Phi) is 6.65. The molecule has 0 saturated heterocycles. The average Bonchev–Trinajstić information content (AvgIpc) is 2.35. The summed E-state index contributed by atoms with van der Waals surface area (Å²) in [6.07, 6.45) is 3.27. The summed E-state index contributed by atoms with van der Waals surface area (Å²) in [5.74, 6) is 1.21. The predicted molar refractivity (Wildman–Crippen MR) is 81.7 cm³/mol. The molecule has 0 aliphatic heterocycles. The van der Waals surface area contributed by atoms with Crippen LogP contribution in [-0.4, -0.2) is 23.8 Å². The van der Waals surface area contributed by atoms with Gasteiger partial charge in [-0.1, -0.05) is 27.2 Å². The first-order valence-corrected chi connectivity index (χ1v) is 7.57. The standard InChI is InChI=1S/C15H27N3O3/c1-9(2)12-6-5-10(3)7-13(12)21-14(19)8-11(4)17-18-15(16)20/h9-10,12-13H,5-8H2,1-4H3,(H3,16,18,20)/b17-11-/t10-,12+,13+/m0/s1. The van der Waals surface area contributed by atoms with Crippen molar-refractivity contribution in [1.29, 1.82) is 0 Å². The van der Waals surface area contributed by atoms with Gasteiger partial charge in [0.2, 0.25) is 0 Å². The van der Waals surface area contributed by atoms with Crippen LogP contribution in [0.2, 0.25) is 0 Å². The van der Waals surface area contributed by atoms with Gasteiger partial charge in [0.25, 0.3) is 0 Å². The highest BCUT2D eigenvalue weighted by molar-refractivity contribution is 5.97. The largest absolute Gasteiger partial charge is 0.462 e. The number of nitrogens with one attached hydrogen (secondary N) is 1. The molecule has 1 aliphatic rings. The summed E-state index contributed by atoms with van der Waals surface area (Å²) in [5.41, 5.74) is 7.50. The summed E-state index contributed by atoms with van der Waals surface area (Å²) in [5, 5.41) is 3.72. The average molecular weight is 297 g/mol. The first-order chi connectivity index (χ1) is 9.79. The van der Waals surface area contributed by atoms with Crippen LogP contribution in [0.25, 0.3) is 0 Å². The van der Waals surface area contributed by atoms with E-state index in [0.29, 0.717) is 23.5 Å². The van der Waals surface area contributed by atoms with Crippen LogP contribution >= 0.6 is 0 Å². The SMILES string of the molecule is C/C(CC(=O)O[C@@H]1C[C@@H](C)CC[C@@H]1C(C)C)=N/NC(N)=O. The molecule has 0 radical (unpaired) electrons. The van der Waals surface area contributed by atoms with Gasteiger partial charge in [0.05, 0.1) is 6.42 Å². The minimum Gasteiger partial charge on any atom is -0.462 e. The van der Waals surface area contributed by atoms with Crippen LogP contribution in [0.5, 0.6) is 0 Å². The molecule has 6 heteroatoms. The normalized spacial score (nSPS) is 26.5. The van der Waals surface area contributed by atoms with Gasteiger partial charge in [0, 0.05) is 5.71 Å². The molecule has 2 amide bonds. The Labute approximate surface area is 126 Å². The second kappa shape index (κ2) is 8.00. The van der Waals surface area contributed by atoms with Crippen LogP contribution in [0.15, 0.2) is 5.10 Å². The van der Waals surface area contributed by atoms with Gasteiger partial charge in [-0.05, 0) is 37.5 Å². The Balaban J connectivity index is 2.54. The number of hydrazone groups is 1. The van der Waals surface area contributed by atoms with E-state index in [1.54, 1.807) is 6.92 Å². The summed E-state index contributed by atoms with van der Waals surface area (Å²) in [7, 11) is 0. The molecule has 0 aromatic carbocycles. The van der Waals surface area contributed by atoms with E-state index in [2.05, 4.69) is 31.3 Å². The summed E-state index contributed by atoms with van der Waals surface area (Å²) >= 11 is 0. The zero-order chi connectivity index (χ0) is 16.0. The molecule has 1 rings (SSSR count). The van der Waals surface area contributed by atoms with Crippen molar-refractivity contribution in [2.75, 3.05) is 0 Å². The number of esters is 1. The topological polar surface area (TPSA) is 93.8 Å². The minimum atomic E-state index is -0.747. The third-order valence-corrected chi connectivity index (χ3v) is 4.00. The predicted octanol–water partition coefficient (Wildman–Crippen LogP) is 2.42. The number of hydrogen-bond donors (Lipinski definition) is 2. The maximum Gasteiger partial charge on any atom is 0.332 e. The monoisotopic (exact) mass is 297 g/mol. The lowest BCUT2D eigenvalue weighted by Gasteiger charge is -2.36. The summed E-state index contributed by atoms with van der Waals surface area (Å²) in [6.45, 7) is 8.19. The van der Waals surface area contributed by atoms with E-state index < -0.39 is 6.03 Å².